The molecule has 3 N–H and O–H groups in total. The van der Waals surface area contributed by atoms with Crippen molar-refractivity contribution in [3.05, 3.63) is 47.8 Å². The molecular formula is C14H15N3O2. The topological polar surface area (TPSA) is 77.2 Å². The van der Waals surface area contributed by atoms with Gasteiger partial charge < -0.3 is 15.8 Å². The second-order valence-corrected chi connectivity index (χ2v) is 4.09. The van der Waals surface area contributed by atoms with Gasteiger partial charge in [0.1, 0.15) is 5.75 Å². The van der Waals surface area contributed by atoms with Crippen LogP contribution in [0.2, 0.25) is 0 Å². The van der Waals surface area contributed by atoms with Gasteiger partial charge in [0.25, 0.3) is 5.91 Å². The number of nitrogens with zero attached hydrogens (tertiary/aromatic N) is 1. The first kappa shape index (κ1) is 12.9. The van der Waals surface area contributed by atoms with Gasteiger partial charge in [-0.2, -0.15) is 0 Å². The largest absolute Gasteiger partial charge is 0.497 e. The van der Waals surface area contributed by atoms with Crippen molar-refractivity contribution in [3.8, 4) is 5.75 Å². The molecule has 1 aromatic heterocycles. The third-order valence-corrected chi connectivity index (χ3v) is 2.68. The SMILES string of the molecule is COc1cc(N)cc(C(=O)Nc2cccnc2C)c1. The van der Waals surface area contributed by atoms with E-state index in [9.17, 15) is 4.79 Å². The number of nitrogen functional groups attached to an aromatic ring is 1. The van der Waals surface area contributed by atoms with E-state index in [4.69, 9.17) is 10.5 Å². The Bertz CT molecular complexity index is 611. The van der Waals surface area contributed by atoms with Gasteiger partial charge >= 0.3 is 0 Å². The van der Waals surface area contributed by atoms with E-state index in [2.05, 4.69) is 10.3 Å². The molecule has 1 heterocycles. The van der Waals surface area contributed by atoms with Gasteiger partial charge in [-0.05, 0) is 31.2 Å². The predicted octanol–water partition coefficient (Wildman–Crippen LogP) is 2.23. The van der Waals surface area contributed by atoms with Crippen molar-refractivity contribution in [1.29, 1.82) is 0 Å². The Morgan fingerprint density at radius 2 is 2.16 bits per heavy atom. The number of ether oxygens (including phenoxy) is 1. The summed E-state index contributed by atoms with van der Waals surface area (Å²) in [6.45, 7) is 1.83. The van der Waals surface area contributed by atoms with Crippen LogP contribution in [-0.4, -0.2) is 18.0 Å². The lowest BCUT2D eigenvalue weighted by atomic mass is 10.1. The number of carbonyl (C=O) groups excluding carboxylic acids is 1. The predicted molar refractivity (Wildman–Crippen MR) is 74.3 cm³/mol. The molecule has 0 saturated heterocycles. The second kappa shape index (κ2) is 5.39. The quantitative estimate of drug-likeness (QED) is 0.827. The number of methoxy groups -OCH3 is 1. The van der Waals surface area contributed by atoms with E-state index < -0.39 is 0 Å². The number of amides is 1. The molecule has 2 aromatic rings. The summed E-state index contributed by atoms with van der Waals surface area (Å²) in [4.78, 5) is 16.2. The summed E-state index contributed by atoms with van der Waals surface area (Å²) < 4.78 is 5.09. The maximum atomic E-state index is 12.1. The number of aryl methyl sites for hydroxylation is 1. The van der Waals surface area contributed by atoms with Crippen LogP contribution >= 0.6 is 0 Å². The van der Waals surface area contributed by atoms with Crippen LogP contribution < -0.4 is 15.8 Å². The summed E-state index contributed by atoms with van der Waals surface area (Å²) in [6.07, 6.45) is 1.68. The molecule has 0 spiro atoms. The van der Waals surface area contributed by atoms with Crippen molar-refractivity contribution in [1.82, 2.24) is 4.98 Å². The lowest BCUT2D eigenvalue weighted by Crippen LogP contribution is -2.13. The summed E-state index contributed by atoms with van der Waals surface area (Å²) in [5.74, 6) is 0.301. The number of hydrogen-bond donors (Lipinski definition) is 2. The zero-order chi connectivity index (χ0) is 13.8. The van der Waals surface area contributed by atoms with Crippen molar-refractivity contribution >= 4 is 17.3 Å². The maximum Gasteiger partial charge on any atom is 0.255 e. The van der Waals surface area contributed by atoms with Crippen molar-refractivity contribution < 1.29 is 9.53 Å². The van der Waals surface area contributed by atoms with Crippen LogP contribution in [-0.2, 0) is 0 Å². The molecule has 5 heteroatoms. The molecular weight excluding hydrogens is 242 g/mol. The van der Waals surface area contributed by atoms with Crippen LogP contribution in [0, 0.1) is 6.92 Å². The average Bonchev–Trinajstić information content (AvgIpc) is 2.40. The molecule has 0 fully saturated rings. The Morgan fingerprint density at radius 3 is 2.84 bits per heavy atom. The highest BCUT2D eigenvalue weighted by molar-refractivity contribution is 6.05. The van der Waals surface area contributed by atoms with E-state index in [1.54, 1.807) is 36.5 Å². The molecule has 0 radical (unpaired) electrons. The third-order valence-electron chi connectivity index (χ3n) is 2.68. The van der Waals surface area contributed by atoms with Gasteiger partial charge in [0, 0.05) is 23.5 Å². The molecule has 0 unspecified atom stereocenters. The van der Waals surface area contributed by atoms with Gasteiger partial charge in [0.15, 0.2) is 0 Å². The molecule has 1 amide bonds. The van der Waals surface area contributed by atoms with Gasteiger partial charge in [0.05, 0.1) is 18.5 Å². The van der Waals surface area contributed by atoms with E-state index in [-0.39, 0.29) is 5.91 Å². The van der Waals surface area contributed by atoms with Gasteiger partial charge in [-0.25, -0.2) is 0 Å². The second-order valence-electron chi connectivity index (χ2n) is 4.09. The van der Waals surface area contributed by atoms with Crippen LogP contribution in [0.15, 0.2) is 36.5 Å². The van der Waals surface area contributed by atoms with Gasteiger partial charge in [-0.15, -0.1) is 0 Å². The minimum absolute atomic E-state index is 0.248. The summed E-state index contributed by atoms with van der Waals surface area (Å²) in [5.41, 5.74) is 8.08. The fourth-order valence-corrected chi connectivity index (χ4v) is 1.68. The molecule has 1 aromatic carbocycles. The molecule has 0 aliphatic heterocycles. The van der Waals surface area contributed by atoms with Crippen molar-refractivity contribution in [3.63, 3.8) is 0 Å². The molecule has 0 aliphatic rings. The summed E-state index contributed by atoms with van der Waals surface area (Å²) in [6, 6.07) is 8.46. The van der Waals surface area contributed by atoms with Crippen LogP contribution in [0.3, 0.4) is 0 Å². The van der Waals surface area contributed by atoms with Crippen LogP contribution in [0.5, 0.6) is 5.75 Å². The average molecular weight is 257 g/mol. The van der Waals surface area contributed by atoms with E-state index in [1.165, 1.54) is 7.11 Å². The number of anilines is 2. The normalized spacial score (nSPS) is 10.0. The zero-order valence-electron chi connectivity index (χ0n) is 10.8. The Hall–Kier alpha value is -2.56. The van der Waals surface area contributed by atoms with Crippen LogP contribution in [0.1, 0.15) is 16.1 Å². The lowest BCUT2D eigenvalue weighted by Gasteiger charge is -2.09. The van der Waals surface area contributed by atoms with Crippen LogP contribution in [0.4, 0.5) is 11.4 Å². The third kappa shape index (κ3) is 3.01. The molecule has 0 bridgehead atoms. The number of rotatable bonds is 3. The zero-order valence-corrected chi connectivity index (χ0v) is 10.8. The van der Waals surface area contributed by atoms with Crippen molar-refractivity contribution in [2.24, 2.45) is 0 Å². The molecule has 98 valence electrons. The van der Waals surface area contributed by atoms with Crippen molar-refractivity contribution in [2.45, 2.75) is 6.92 Å². The van der Waals surface area contributed by atoms with E-state index in [0.717, 1.165) is 5.69 Å². The first-order valence-corrected chi connectivity index (χ1v) is 5.77. The molecule has 0 atom stereocenters. The minimum atomic E-state index is -0.248. The fourth-order valence-electron chi connectivity index (χ4n) is 1.68. The van der Waals surface area contributed by atoms with E-state index >= 15 is 0 Å². The first-order chi connectivity index (χ1) is 9.10. The molecule has 2 rings (SSSR count). The standard InChI is InChI=1S/C14H15N3O2/c1-9-13(4-3-5-16-9)17-14(18)10-6-11(15)8-12(7-10)19-2/h3-8H,15H2,1-2H3,(H,17,18). The Labute approximate surface area is 111 Å². The van der Waals surface area contributed by atoms with Crippen LogP contribution in [0.25, 0.3) is 0 Å². The Morgan fingerprint density at radius 1 is 1.37 bits per heavy atom. The number of pyridine rings is 1. The van der Waals surface area contributed by atoms with Gasteiger partial charge in [-0.1, -0.05) is 0 Å². The highest BCUT2D eigenvalue weighted by atomic mass is 16.5. The minimum Gasteiger partial charge on any atom is -0.497 e. The maximum absolute atomic E-state index is 12.1. The smallest absolute Gasteiger partial charge is 0.255 e. The number of aromatic nitrogens is 1. The first-order valence-electron chi connectivity index (χ1n) is 5.77. The molecule has 0 saturated carbocycles. The number of hydrogen-bond acceptors (Lipinski definition) is 4. The Kier molecular flexibility index (Phi) is 3.66. The van der Waals surface area contributed by atoms with Gasteiger partial charge in [0.2, 0.25) is 0 Å². The highest BCUT2D eigenvalue weighted by Crippen LogP contribution is 2.20. The van der Waals surface area contributed by atoms with Crippen molar-refractivity contribution in [2.75, 3.05) is 18.2 Å². The number of nitrogens with one attached hydrogen (secondary N) is 1. The monoisotopic (exact) mass is 257 g/mol. The number of nitrogens with two attached hydrogens (primary N) is 1. The Balaban J connectivity index is 2.25. The van der Waals surface area contributed by atoms with E-state index in [1.807, 2.05) is 6.92 Å². The van der Waals surface area contributed by atoms with E-state index in [0.29, 0.717) is 22.7 Å². The van der Waals surface area contributed by atoms with Gasteiger partial charge in [-0.3, -0.25) is 9.78 Å². The fraction of sp³-hybridized carbons (Fsp3) is 0.143. The number of carbonyl (C=O) groups is 1. The number of benzene rings is 1. The summed E-state index contributed by atoms with van der Waals surface area (Å²) >= 11 is 0. The summed E-state index contributed by atoms with van der Waals surface area (Å²) in [7, 11) is 1.53. The lowest BCUT2D eigenvalue weighted by molar-refractivity contribution is 0.102. The molecule has 5 nitrogen and oxygen atoms in total. The molecule has 19 heavy (non-hydrogen) atoms. The highest BCUT2D eigenvalue weighted by Gasteiger charge is 2.10. The summed E-state index contributed by atoms with van der Waals surface area (Å²) in [5, 5.41) is 2.79. The molecule has 0 aliphatic carbocycles.